The van der Waals surface area contributed by atoms with Crippen molar-refractivity contribution in [2.75, 3.05) is 0 Å². The van der Waals surface area contributed by atoms with Crippen molar-refractivity contribution >= 4 is 0 Å². The predicted molar refractivity (Wildman–Crippen MR) is 47.1 cm³/mol. The van der Waals surface area contributed by atoms with Crippen molar-refractivity contribution in [2.45, 2.75) is 57.3 Å². The van der Waals surface area contributed by atoms with Crippen LogP contribution in [-0.4, -0.2) is 18.3 Å². The molecular formula is C10H14F6. The molecule has 16 heavy (non-hydrogen) atoms. The summed E-state index contributed by atoms with van der Waals surface area (Å²) in [6, 6.07) is 0. The Morgan fingerprint density at radius 3 is 1.88 bits per heavy atom. The number of hydrogen-bond acceptors (Lipinski definition) is 0. The van der Waals surface area contributed by atoms with E-state index in [0.29, 0.717) is 12.8 Å². The maximum atomic E-state index is 13.6. The van der Waals surface area contributed by atoms with E-state index in [1.165, 1.54) is 0 Å². The monoisotopic (exact) mass is 248 g/mol. The van der Waals surface area contributed by atoms with E-state index in [4.69, 9.17) is 0 Å². The maximum absolute atomic E-state index is 13.6. The number of hydrogen-bond donors (Lipinski definition) is 0. The van der Waals surface area contributed by atoms with Crippen LogP contribution < -0.4 is 0 Å². The third-order valence-corrected chi connectivity index (χ3v) is 3.34. The fourth-order valence-electron chi connectivity index (χ4n) is 2.23. The number of halogens is 6. The Morgan fingerprint density at radius 2 is 1.50 bits per heavy atom. The molecule has 96 valence electrons. The third kappa shape index (κ3) is 2.15. The first-order valence-electron chi connectivity index (χ1n) is 5.16. The highest BCUT2D eigenvalue weighted by Crippen LogP contribution is 2.56. The lowest BCUT2D eigenvalue weighted by atomic mass is 9.78. The molecule has 0 aliphatic heterocycles. The molecule has 0 bridgehead atoms. The summed E-state index contributed by atoms with van der Waals surface area (Å²) < 4.78 is 77.1. The van der Waals surface area contributed by atoms with Crippen LogP contribution in [0.4, 0.5) is 26.3 Å². The molecule has 6 heteroatoms. The molecule has 0 saturated heterocycles. The molecule has 1 aliphatic rings. The van der Waals surface area contributed by atoms with Gasteiger partial charge in [0.05, 0.1) is 6.42 Å². The molecule has 0 N–H and O–H groups in total. The van der Waals surface area contributed by atoms with Gasteiger partial charge in [0, 0.05) is 5.41 Å². The average molecular weight is 248 g/mol. The standard InChI is InChI=1S/C10H14F6/c1-8(4-2-3-5-8)10(15,16)9(13,14)6-7(11)12/h7H,2-6H2,1H3. The summed E-state index contributed by atoms with van der Waals surface area (Å²) >= 11 is 0. The summed E-state index contributed by atoms with van der Waals surface area (Å²) in [4.78, 5) is 0. The normalized spacial score (nSPS) is 21.8. The van der Waals surface area contributed by atoms with E-state index in [-0.39, 0.29) is 12.8 Å². The molecule has 0 nitrogen and oxygen atoms in total. The molecule has 0 amide bonds. The van der Waals surface area contributed by atoms with Crippen molar-refractivity contribution in [1.29, 1.82) is 0 Å². The Bertz CT molecular complexity index is 242. The summed E-state index contributed by atoms with van der Waals surface area (Å²) in [5.41, 5.74) is -1.86. The molecule has 0 radical (unpaired) electrons. The van der Waals surface area contributed by atoms with E-state index in [1.54, 1.807) is 0 Å². The molecule has 0 atom stereocenters. The van der Waals surface area contributed by atoms with Gasteiger partial charge in [0.15, 0.2) is 0 Å². The van der Waals surface area contributed by atoms with Crippen molar-refractivity contribution in [2.24, 2.45) is 5.41 Å². The van der Waals surface area contributed by atoms with Gasteiger partial charge in [-0.15, -0.1) is 0 Å². The summed E-state index contributed by atoms with van der Waals surface area (Å²) in [7, 11) is 0. The molecule has 1 rings (SSSR count). The molecule has 1 fully saturated rings. The topological polar surface area (TPSA) is 0 Å². The molecule has 0 aromatic rings. The zero-order valence-electron chi connectivity index (χ0n) is 8.88. The van der Waals surface area contributed by atoms with Crippen LogP contribution in [0.25, 0.3) is 0 Å². The van der Waals surface area contributed by atoms with E-state index in [0.717, 1.165) is 6.92 Å². The average Bonchev–Trinajstić information content (AvgIpc) is 2.50. The van der Waals surface area contributed by atoms with Crippen LogP contribution in [-0.2, 0) is 0 Å². The highest BCUT2D eigenvalue weighted by atomic mass is 19.3. The Morgan fingerprint density at radius 1 is 1.06 bits per heavy atom. The Balaban J connectivity index is 2.90. The lowest BCUT2D eigenvalue weighted by Gasteiger charge is -2.38. The molecule has 0 heterocycles. The number of alkyl halides is 6. The van der Waals surface area contributed by atoms with Crippen LogP contribution >= 0.6 is 0 Å². The third-order valence-electron chi connectivity index (χ3n) is 3.34. The van der Waals surface area contributed by atoms with Gasteiger partial charge in [-0.2, -0.15) is 17.6 Å². The Kier molecular flexibility index (Phi) is 3.50. The molecule has 1 saturated carbocycles. The van der Waals surface area contributed by atoms with Crippen molar-refractivity contribution in [3.05, 3.63) is 0 Å². The molecule has 0 unspecified atom stereocenters. The molecule has 0 spiro atoms. The zero-order chi connectivity index (χ0) is 12.6. The van der Waals surface area contributed by atoms with Crippen LogP contribution in [0.5, 0.6) is 0 Å². The second-order valence-corrected chi connectivity index (χ2v) is 4.64. The Hall–Kier alpha value is -0.420. The highest BCUT2D eigenvalue weighted by molar-refractivity contribution is 5.00. The van der Waals surface area contributed by atoms with Crippen molar-refractivity contribution in [3.63, 3.8) is 0 Å². The lowest BCUT2D eigenvalue weighted by Crippen LogP contribution is -2.52. The minimum Gasteiger partial charge on any atom is -0.210 e. The second kappa shape index (κ2) is 4.11. The van der Waals surface area contributed by atoms with E-state index >= 15 is 0 Å². The highest BCUT2D eigenvalue weighted by Gasteiger charge is 2.67. The van der Waals surface area contributed by atoms with Gasteiger partial charge in [-0.1, -0.05) is 19.8 Å². The summed E-state index contributed by atoms with van der Waals surface area (Å²) in [5, 5.41) is 0. The van der Waals surface area contributed by atoms with Crippen LogP contribution in [0.15, 0.2) is 0 Å². The van der Waals surface area contributed by atoms with Crippen LogP contribution in [0, 0.1) is 5.41 Å². The number of rotatable bonds is 4. The summed E-state index contributed by atoms with van der Waals surface area (Å²) in [5.74, 6) is -9.01. The van der Waals surface area contributed by atoms with Crippen LogP contribution in [0.3, 0.4) is 0 Å². The SMILES string of the molecule is CC1(C(F)(F)C(F)(F)CC(F)F)CCCC1. The van der Waals surface area contributed by atoms with Crippen molar-refractivity contribution < 1.29 is 26.3 Å². The van der Waals surface area contributed by atoms with Gasteiger partial charge in [0.25, 0.3) is 0 Å². The molecular weight excluding hydrogens is 234 g/mol. The summed E-state index contributed by atoms with van der Waals surface area (Å²) in [6.07, 6.45) is -4.70. The van der Waals surface area contributed by atoms with Gasteiger partial charge >= 0.3 is 11.8 Å². The van der Waals surface area contributed by atoms with Crippen molar-refractivity contribution in [3.8, 4) is 0 Å². The van der Waals surface area contributed by atoms with E-state index < -0.39 is 30.1 Å². The first-order valence-corrected chi connectivity index (χ1v) is 5.16. The van der Waals surface area contributed by atoms with Gasteiger partial charge in [-0.25, -0.2) is 8.78 Å². The fourth-order valence-corrected chi connectivity index (χ4v) is 2.23. The van der Waals surface area contributed by atoms with Gasteiger partial charge in [0.1, 0.15) is 0 Å². The van der Waals surface area contributed by atoms with Gasteiger partial charge in [0.2, 0.25) is 6.43 Å². The van der Waals surface area contributed by atoms with Crippen molar-refractivity contribution in [1.82, 2.24) is 0 Å². The smallest absolute Gasteiger partial charge is 0.210 e. The van der Waals surface area contributed by atoms with Gasteiger partial charge in [-0.3, -0.25) is 0 Å². The summed E-state index contributed by atoms with van der Waals surface area (Å²) in [6.45, 7) is 1.05. The first kappa shape index (κ1) is 13.6. The van der Waals surface area contributed by atoms with E-state index in [9.17, 15) is 26.3 Å². The fraction of sp³-hybridized carbons (Fsp3) is 1.00. The minimum atomic E-state index is -4.64. The van der Waals surface area contributed by atoms with Crippen LogP contribution in [0.1, 0.15) is 39.0 Å². The van der Waals surface area contributed by atoms with Gasteiger partial charge in [-0.05, 0) is 12.8 Å². The first-order chi connectivity index (χ1) is 7.12. The maximum Gasteiger partial charge on any atom is 0.316 e. The van der Waals surface area contributed by atoms with E-state index in [1.807, 2.05) is 0 Å². The molecule has 1 aliphatic carbocycles. The van der Waals surface area contributed by atoms with E-state index in [2.05, 4.69) is 0 Å². The van der Waals surface area contributed by atoms with Crippen LogP contribution in [0.2, 0.25) is 0 Å². The quantitative estimate of drug-likeness (QED) is 0.643. The van der Waals surface area contributed by atoms with Gasteiger partial charge < -0.3 is 0 Å². The Labute approximate surface area is 90.0 Å². The molecule has 0 aromatic heterocycles. The predicted octanol–water partition coefficient (Wildman–Crippen LogP) is 4.49. The second-order valence-electron chi connectivity index (χ2n) is 4.64. The zero-order valence-corrected chi connectivity index (χ0v) is 8.88. The lowest BCUT2D eigenvalue weighted by molar-refractivity contribution is -0.274. The largest absolute Gasteiger partial charge is 0.316 e. The minimum absolute atomic E-state index is 0.0428. The molecule has 0 aromatic carbocycles.